The number of carbonyl (C=O) groups excluding carboxylic acids is 2. The molecule has 2 aliphatic rings. The largest absolute Gasteiger partial charge is 0.494 e. The van der Waals surface area contributed by atoms with Crippen LogP contribution in [0.25, 0.3) is 28.0 Å². The molecule has 13 heteroatoms. The highest BCUT2D eigenvalue weighted by Crippen LogP contribution is 2.45. The second-order valence-electron chi connectivity index (χ2n) is 11.0. The van der Waals surface area contributed by atoms with Crippen LogP contribution < -0.4 is 10.5 Å². The summed E-state index contributed by atoms with van der Waals surface area (Å²) in [5, 5.41) is 11.0. The summed E-state index contributed by atoms with van der Waals surface area (Å²) in [7, 11) is 1.42. The van der Waals surface area contributed by atoms with Crippen LogP contribution in [0, 0.1) is 5.82 Å². The number of hydrogen-bond donors (Lipinski definition) is 2. The SMILES string of the molecule is COc1ccc(-c2ccc(-c3cnn4c(N)c(C(C)=O)c(C5C[C@H]6CC[C@@H](C5)N6C(=O)c5ncn[nH]5)nc34)cn2)cc1F. The highest BCUT2D eigenvalue weighted by atomic mass is 19.1. The summed E-state index contributed by atoms with van der Waals surface area (Å²) in [4.78, 5) is 41.6. The number of ketones is 1. The van der Waals surface area contributed by atoms with E-state index in [0.717, 1.165) is 18.4 Å². The number of rotatable bonds is 6. The van der Waals surface area contributed by atoms with E-state index in [1.807, 2.05) is 11.0 Å². The Balaban J connectivity index is 1.24. The number of methoxy groups -OCH3 is 1. The summed E-state index contributed by atoms with van der Waals surface area (Å²) in [5.74, 6) is -0.280. The molecule has 6 heterocycles. The molecule has 5 aromatic rings. The predicted octanol–water partition coefficient (Wildman–Crippen LogP) is 4.06. The Bertz CT molecular complexity index is 1860. The summed E-state index contributed by atoms with van der Waals surface area (Å²) >= 11 is 0. The highest BCUT2D eigenvalue weighted by Gasteiger charge is 2.45. The number of fused-ring (bicyclic) bond motifs is 3. The maximum atomic E-state index is 14.3. The third kappa shape index (κ3) is 4.39. The van der Waals surface area contributed by atoms with Crippen LogP contribution in [0.15, 0.2) is 49.1 Å². The Morgan fingerprint density at radius 3 is 2.47 bits per heavy atom. The van der Waals surface area contributed by atoms with Gasteiger partial charge < -0.3 is 15.4 Å². The Labute approximate surface area is 245 Å². The van der Waals surface area contributed by atoms with E-state index in [4.69, 9.17) is 15.5 Å². The van der Waals surface area contributed by atoms with E-state index in [1.54, 1.807) is 30.6 Å². The number of piperidine rings is 1. The number of anilines is 1. The molecule has 1 unspecified atom stereocenters. The van der Waals surface area contributed by atoms with Crippen molar-refractivity contribution in [2.45, 2.75) is 50.6 Å². The zero-order valence-electron chi connectivity index (χ0n) is 23.5. The lowest BCUT2D eigenvalue weighted by molar-refractivity contribution is 0.0556. The predicted molar refractivity (Wildman–Crippen MR) is 154 cm³/mol. The number of benzene rings is 1. The van der Waals surface area contributed by atoms with Gasteiger partial charge >= 0.3 is 0 Å². The normalized spacial score (nSPS) is 19.6. The minimum absolute atomic E-state index is 0.00988. The second-order valence-corrected chi connectivity index (χ2v) is 11.0. The molecular weight excluding hydrogens is 553 g/mol. The number of nitrogen functional groups attached to an aromatic ring is 1. The number of nitrogens with zero attached hydrogens (tertiary/aromatic N) is 7. The lowest BCUT2D eigenvalue weighted by Crippen LogP contribution is -2.46. The number of amides is 1. The van der Waals surface area contributed by atoms with Gasteiger partial charge in [-0.25, -0.2) is 14.4 Å². The van der Waals surface area contributed by atoms with Gasteiger partial charge in [0.1, 0.15) is 12.1 Å². The molecule has 0 aliphatic carbocycles. The van der Waals surface area contributed by atoms with Crippen LogP contribution in [0.3, 0.4) is 0 Å². The van der Waals surface area contributed by atoms with Gasteiger partial charge in [0, 0.05) is 40.9 Å². The quantitative estimate of drug-likeness (QED) is 0.282. The molecule has 2 saturated heterocycles. The number of aromatic amines is 1. The van der Waals surface area contributed by atoms with Crippen LogP contribution in [0.5, 0.6) is 5.75 Å². The monoisotopic (exact) mass is 581 g/mol. The lowest BCUT2D eigenvalue weighted by Gasteiger charge is -2.38. The maximum absolute atomic E-state index is 14.3. The molecular formula is C30H28FN9O3. The minimum atomic E-state index is -0.469. The van der Waals surface area contributed by atoms with Gasteiger partial charge in [-0.2, -0.15) is 14.7 Å². The molecule has 0 spiro atoms. The van der Waals surface area contributed by atoms with Crippen molar-refractivity contribution < 1.29 is 18.7 Å². The smallest absolute Gasteiger partial charge is 0.291 e. The number of halogens is 1. The lowest BCUT2D eigenvalue weighted by atomic mass is 9.85. The summed E-state index contributed by atoms with van der Waals surface area (Å²) in [6.07, 6.45) is 7.69. The van der Waals surface area contributed by atoms with Crippen molar-refractivity contribution in [3.8, 4) is 28.1 Å². The highest BCUT2D eigenvalue weighted by molar-refractivity contribution is 6.00. The number of nitrogens with one attached hydrogen (secondary N) is 1. The van der Waals surface area contributed by atoms with Crippen LogP contribution in [-0.2, 0) is 0 Å². The standard InChI is InChI=1S/C30H28FN9O3/c1-15(41)25-26(18-9-19-5-6-20(10-18)39(19)30(42)28-34-14-35-38-28)37-29-21(13-36-40(29)27(25)32)17-3-7-23(33-12-17)16-4-8-24(43-2)22(31)11-16/h3-4,7-8,11-14,18-20H,5-6,9-10,32H2,1-2H3,(H,34,35,38)/t18?,19-,20+. The molecule has 1 amide bonds. The van der Waals surface area contributed by atoms with Gasteiger partial charge in [-0.1, -0.05) is 6.07 Å². The van der Waals surface area contributed by atoms with E-state index in [-0.39, 0.29) is 47.1 Å². The first-order valence-corrected chi connectivity index (χ1v) is 14.0. The second kappa shape index (κ2) is 10.3. The summed E-state index contributed by atoms with van der Waals surface area (Å²) in [6, 6.07) is 8.33. The van der Waals surface area contributed by atoms with Crippen molar-refractivity contribution in [2.24, 2.45) is 0 Å². The molecule has 0 saturated carbocycles. The number of pyridine rings is 1. The minimum Gasteiger partial charge on any atom is -0.494 e. The van der Waals surface area contributed by atoms with Gasteiger partial charge in [0.25, 0.3) is 5.91 Å². The molecule has 2 aliphatic heterocycles. The van der Waals surface area contributed by atoms with Gasteiger partial charge in [-0.15, -0.1) is 0 Å². The molecule has 1 aromatic carbocycles. The zero-order chi connectivity index (χ0) is 29.8. The number of nitrogens with two attached hydrogens (primary N) is 1. The van der Waals surface area contributed by atoms with E-state index >= 15 is 0 Å². The van der Waals surface area contributed by atoms with Crippen molar-refractivity contribution in [1.82, 2.24) is 39.7 Å². The first-order chi connectivity index (χ1) is 20.8. The van der Waals surface area contributed by atoms with Crippen LogP contribution in [0.1, 0.15) is 65.2 Å². The molecule has 12 nitrogen and oxygen atoms in total. The van der Waals surface area contributed by atoms with E-state index in [9.17, 15) is 14.0 Å². The van der Waals surface area contributed by atoms with E-state index < -0.39 is 5.82 Å². The molecule has 218 valence electrons. The van der Waals surface area contributed by atoms with E-state index in [1.165, 1.54) is 30.9 Å². The fraction of sp³-hybridized carbons (Fsp3) is 0.300. The molecule has 2 bridgehead atoms. The molecule has 7 rings (SSSR count). The Kier molecular flexibility index (Phi) is 6.37. The molecule has 3 atom stereocenters. The first-order valence-electron chi connectivity index (χ1n) is 14.0. The van der Waals surface area contributed by atoms with E-state index in [0.29, 0.717) is 46.6 Å². The number of H-pyrrole nitrogens is 1. The van der Waals surface area contributed by atoms with Crippen LogP contribution in [-0.4, -0.2) is 70.5 Å². The Hall–Kier alpha value is -5.20. The van der Waals surface area contributed by atoms with Crippen LogP contribution in [0.4, 0.5) is 10.2 Å². The number of hydrogen-bond acceptors (Lipinski definition) is 9. The Morgan fingerprint density at radius 2 is 1.84 bits per heavy atom. The average molecular weight is 582 g/mol. The van der Waals surface area contributed by atoms with Crippen molar-refractivity contribution >= 4 is 23.2 Å². The van der Waals surface area contributed by atoms with Crippen molar-refractivity contribution in [2.75, 3.05) is 12.8 Å². The summed E-state index contributed by atoms with van der Waals surface area (Å²) in [6.45, 7) is 1.48. The fourth-order valence-corrected chi connectivity index (χ4v) is 6.61. The topological polar surface area (TPSA) is 157 Å². The summed E-state index contributed by atoms with van der Waals surface area (Å²) in [5.41, 5.74) is 10.7. The van der Waals surface area contributed by atoms with Gasteiger partial charge in [-0.05, 0) is 56.9 Å². The molecule has 2 fully saturated rings. The third-order valence-electron chi connectivity index (χ3n) is 8.56. The van der Waals surface area contributed by atoms with Gasteiger partial charge in [-0.3, -0.25) is 19.7 Å². The number of ether oxygens (including phenoxy) is 1. The third-order valence-corrected chi connectivity index (χ3v) is 8.56. The first kappa shape index (κ1) is 26.7. The van der Waals surface area contributed by atoms with E-state index in [2.05, 4.69) is 25.3 Å². The molecule has 0 radical (unpaired) electrons. The molecule has 43 heavy (non-hydrogen) atoms. The van der Waals surface area contributed by atoms with Crippen LogP contribution >= 0.6 is 0 Å². The number of aromatic nitrogens is 7. The van der Waals surface area contributed by atoms with Crippen molar-refractivity contribution in [3.05, 3.63) is 72.0 Å². The number of carbonyl (C=O) groups is 2. The Morgan fingerprint density at radius 1 is 1.07 bits per heavy atom. The van der Waals surface area contributed by atoms with Crippen molar-refractivity contribution in [1.29, 1.82) is 0 Å². The number of Topliss-reactive ketones (excluding diaryl/α,β-unsaturated/α-hetero) is 1. The molecule has 4 aromatic heterocycles. The average Bonchev–Trinajstić information content (AvgIpc) is 3.75. The summed E-state index contributed by atoms with van der Waals surface area (Å²) < 4.78 is 20.8. The van der Waals surface area contributed by atoms with Crippen LogP contribution in [0.2, 0.25) is 0 Å². The molecule has 3 N–H and O–H groups in total. The van der Waals surface area contributed by atoms with Gasteiger partial charge in [0.15, 0.2) is 23.0 Å². The van der Waals surface area contributed by atoms with Gasteiger partial charge in [0.2, 0.25) is 5.82 Å². The zero-order valence-corrected chi connectivity index (χ0v) is 23.5. The maximum Gasteiger partial charge on any atom is 0.291 e. The fourth-order valence-electron chi connectivity index (χ4n) is 6.61. The van der Waals surface area contributed by atoms with Crippen molar-refractivity contribution in [3.63, 3.8) is 0 Å². The van der Waals surface area contributed by atoms with Gasteiger partial charge in [0.05, 0.1) is 30.3 Å².